The van der Waals surface area contributed by atoms with E-state index in [9.17, 15) is 9.18 Å². The molecule has 3 rings (SSSR count). The molecule has 2 N–H and O–H groups in total. The van der Waals surface area contributed by atoms with Gasteiger partial charge in [-0.25, -0.2) is 9.37 Å². The maximum Gasteiger partial charge on any atom is 0.244 e. The molecule has 5 nitrogen and oxygen atoms in total. The number of thiazole rings is 1. The molecule has 0 bridgehead atoms. The number of amides is 1. The molecule has 1 fully saturated rings. The van der Waals surface area contributed by atoms with Gasteiger partial charge in [-0.1, -0.05) is 20.3 Å². The first-order valence-electron chi connectivity index (χ1n) is 9.98. The Balaban J connectivity index is 1.83. The molecule has 0 unspecified atom stereocenters. The van der Waals surface area contributed by atoms with Gasteiger partial charge in [0.25, 0.3) is 0 Å². The van der Waals surface area contributed by atoms with Crippen molar-refractivity contribution in [1.82, 2.24) is 4.98 Å². The van der Waals surface area contributed by atoms with Gasteiger partial charge in [-0.2, -0.15) is 0 Å². The van der Waals surface area contributed by atoms with Crippen LogP contribution in [0.15, 0.2) is 29.6 Å². The first-order valence-corrected chi connectivity index (χ1v) is 10.9. The summed E-state index contributed by atoms with van der Waals surface area (Å²) in [5, 5.41) is 3.00. The molecule has 0 radical (unpaired) electrons. The summed E-state index contributed by atoms with van der Waals surface area (Å²) in [4.78, 5) is 21.8. The van der Waals surface area contributed by atoms with Crippen LogP contribution in [0.4, 0.5) is 15.2 Å². The van der Waals surface area contributed by atoms with Crippen LogP contribution < -0.4 is 15.5 Å². The Morgan fingerprint density at radius 1 is 1.32 bits per heavy atom. The van der Waals surface area contributed by atoms with Gasteiger partial charge in [-0.3, -0.25) is 4.79 Å². The Hall–Kier alpha value is -1.99. The van der Waals surface area contributed by atoms with Crippen LogP contribution >= 0.6 is 11.3 Å². The number of carbonyl (C=O) groups is 1. The summed E-state index contributed by atoms with van der Waals surface area (Å²) < 4.78 is 13.4. The topological polar surface area (TPSA) is 62.5 Å². The summed E-state index contributed by atoms with van der Waals surface area (Å²) in [5.41, 5.74) is 7.69. The van der Waals surface area contributed by atoms with Gasteiger partial charge in [0.15, 0.2) is 5.13 Å². The van der Waals surface area contributed by atoms with E-state index in [2.05, 4.69) is 11.8 Å². The van der Waals surface area contributed by atoms with Gasteiger partial charge < -0.3 is 15.5 Å². The van der Waals surface area contributed by atoms with Crippen LogP contribution in [0, 0.1) is 11.7 Å². The summed E-state index contributed by atoms with van der Waals surface area (Å²) in [6, 6.07) is 5.95. The van der Waals surface area contributed by atoms with E-state index in [1.54, 1.807) is 28.4 Å². The summed E-state index contributed by atoms with van der Waals surface area (Å²) in [6.07, 6.45) is 3.25. The van der Waals surface area contributed by atoms with E-state index in [1.165, 1.54) is 25.0 Å². The highest BCUT2D eigenvalue weighted by Crippen LogP contribution is 2.33. The van der Waals surface area contributed by atoms with Crippen LogP contribution in [-0.4, -0.2) is 29.5 Å². The number of nitrogens with zero attached hydrogens (tertiary/aromatic N) is 3. The molecule has 152 valence electrons. The number of rotatable bonds is 9. The standard InChI is InChI=1S/C21H29FN4OS/c1-4-14(3)19(23)20(27)26(18-8-6-15(22)7-9-18)12-16-13-28-21(24-16)25(5-2)17-10-11-17/h6-9,13-14,17,19H,4-5,10-12,23H2,1-3H3/t14-,19-/m0/s1. The molecule has 1 aromatic carbocycles. The zero-order chi connectivity index (χ0) is 20.3. The number of aromatic nitrogens is 1. The monoisotopic (exact) mass is 404 g/mol. The predicted octanol–water partition coefficient (Wildman–Crippen LogP) is 4.18. The van der Waals surface area contributed by atoms with Crippen molar-refractivity contribution < 1.29 is 9.18 Å². The lowest BCUT2D eigenvalue weighted by molar-refractivity contribution is -0.121. The van der Waals surface area contributed by atoms with E-state index in [0.717, 1.165) is 23.8 Å². The number of benzene rings is 1. The van der Waals surface area contributed by atoms with E-state index in [4.69, 9.17) is 10.7 Å². The minimum Gasteiger partial charge on any atom is -0.345 e. The molecular weight excluding hydrogens is 375 g/mol. The normalized spacial score (nSPS) is 15.9. The lowest BCUT2D eigenvalue weighted by atomic mass is 9.98. The van der Waals surface area contributed by atoms with Gasteiger partial charge in [0.1, 0.15) is 5.82 Å². The first-order chi connectivity index (χ1) is 13.4. The highest BCUT2D eigenvalue weighted by molar-refractivity contribution is 7.13. The van der Waals surface area contributed by atoms with Crippen LogP contribution in [0.5, 0.6) is 0 Å². The van der Waals surface area contributed by atoms with Crippen molar-refractivity contribution in [2.24, 2.45) is 11.7 Å². The Morgan fingerprint density at radius 3 is 2.57 bits per heavy atom. The second-order valence-electron chi connectivity index (χ2n) is 7.45. The molecule has 7 heteroatoms. The van der Waals surface area contributed by atoms with Crippen molar-refractivity contribution >= 4 is 28.1 Å². The van der Waals surface area contributed by atoms with E-state index < -0.39 is 6.04 Å². The van der Waals surface area contributed by atoms with E-state index in [-0.39, 0.29) is 17.6 Å². The number of halogens is 1. The largest absolute Gasteiger partial charge is 0.345 e. The second-order valence-corrected chi connectivity index (χ2v) is 8.29. The summed E-state index contributed by atoms with van der Waals surface area (Å²) in [5.74, 6) is -0.432. The molecule has 2 aromatic rings. The number of hydrogen-bond donors (Lipinski definition) is 1. The van der Waals surface area contributed by atoms with Gasteiger partial charge in [-0.05, 0) is 49.9 Å². The maximum atomic E-state index is 13.4. The van der Waals surface area contributed by atoms with Crippen LogP contribution in [0.1, 0.15) is 45.7 Å². The maximum absolute atomic E-state index is 13.4. The molecule has 0 spiro atoms. The average molecular weight is 405 g/mol. The smallest absolute Gasteiger partial charge is 0.244 e. The highest BCUT2D eigenvalue weighted by atomic mass is 32.1. The predicted molar refractivity (Wildman–Crippen MR) is 113 cm³/mol. The van der Waals surface area contributed by atoms with E-state index in [1.807, 2.05) is 19.2 Å². The lowest BCUT2D eigenvalue weighted by Crippen LogP contribution is -2.47. The molecule has 1 aliphatic rings. The zero-order valence-electron chi connectivity index (χ0n) is 16.8. The zero-order valence-corrected chi connectivity index (χ0v) is 17.6. The molecule has 2 atom stereocenters. The van der Waals surface area contributed by atoms with Crippen LogP contribution in [0.2, 0.25) is 0 Å². The Bertz CT molecular complexity index is 790. The minimum absolute atomic E-state index is 0.0619. The Kier molecular flexibility index (Phi) is 6.67. The van der Waals surface area contributed by atoms with Gasteiger partial charge in [0, 0.05) is 23.7 Å². The second kappa shape index (κ2) is 9.01. The number of hydrogen-bond acceptors (Lipinski definition) is 5. The van der Waals surface area contributed by atoms with Gasteiger partial charge >= 0.3 is 0 Å². The fourth-order valence-electron chi connectivity index (χ4n) is 3.19. The summed E-state index contributed by atoms with van der Waals surface area (Å²) >= 11 is 1.61. The molecule has 0 saturated heterocycles. The van der Waals surface area contributed by atoms with Crippen LogP contribution in [-0.2, 0) is 11.3 Å². The van der Waals surface area contributed by atoms with Crippen molar-refractivity contribution in [1.29, 1.82) is 0 Å². The van der Waals surface area contributed by atoms with Crippen molar-refractivity contribution in [2.75, 3.05) is 16.3 Å². The molecule has 1 heterocycles. The molecule has 1 saturated carbocycles. The Morgan fingerprint density at radius 2 is 2.00 bits per heavy atom. The van der Waals surface area contributed by atoms with Gasteiger partial charge in [0.2, 0.25) is 5.91 Å². The number of nitrogens with two attached hydrogens (primary N) is 1. The van der Waals surface area contributed by atoms with Crippen molar-refractivity contribution in [2.45, 2.75) is 58.7 Å². The average Bonchev–Trinajstić information content (AvgIpc) is 3.44. The molecule has 1 aromatic heterocycles. The fourth-order valence-corrected chi connectivity index (χ4v) is 4.15. The molecule has 1 amide bonds. The van der Waals surface area contributed by atoms with Gasteiger partial charge in [-0.15, -0.1) is 11.3 Å². The van der Waals surface area contributed by atoms with Gasteiger partial charge in [0.05, 0.1) is 18.3 Å². The molecular formula is C21H29FN4OS. The molecule has 1 aliphatic carbocycles. The quantitative estimate of drug-likeness (QED) is 0.681. The highest BCUT2D eigenvalue weighted by Gasteiger charge is 2.31. The third-order valence-electron chi connectivity index (χ3n) is 5.38. The van der Waals surface area contributed by atoms with E-state index >= 15 is 0 Å². The van der Waals surface area contributed by atoms with Crippen LogP contribution in [0.3, 0.4) is 0 Å². The summed E-state index contributed by atoms with van der Waals surface area (Å²) in [6.45, 7) is 7.38. The van der Waals surface area contributed by atoms with Crippen molar-refractivity contribution in [3.05, 3.63) is 41.2 Å². The number of carbonyl (C=O) groups excluding carboxylic acids is 1. The molecule has 28 heavy (non-hydrogen) atoms. The Labute approximate surface area is 170 Å². The van der Waals surface area contributed by atoms with Crippen molar-refractivity contribution in [3.8, 4) is 0 Å². The SMILES string of the molecule is CC[C@H](C)[C@H](N)C(=O)N(Cc1csc(N(CC)C2CC2)n1)c1ccc(F)cc1. The van der Waals surface area contributed by atoms with E-state index in [0.29, 0.717) is 18.3 Å². The molecule has 0 aliphatic heterocycles. The van der Waals surface area contributed by atoms with Crippen molar-refractivity contribution in [3.63, 3.8) is 0 Å². The minimum atomic E-state index is -0.605. The number of anilines is 2. The first kappa shape index (κ1) is 20.7. The third-order valence-corrected chi connectivity index (χ3v) is 6.31. The fraction of sp³-hybridized carbons (Fsp3) is 0.524. The third kappa shape index (κ3) is 4.70. The van der Waals surface area contributed by atoms with Crippen LogP contribution in [0.25, 0.3) is 0 Å². The summed E-state index contributed by atoms with van der Waals surface area (Å²) in [7, 11) is 0. The lowest BCUT2D eigenvalue weighted by Gasteiger charge is -2.27.